The highest BCUT2D eigenvalue weighted by atomic mass is 16.5. The fraction of sp³-hybridized carbons (Fsp3) is 0.400. The quantitative estimate of drug-likeness (QED) is 0.819. The average molecular weight is 234 g/mol. The zero-order valence-corrected chi connectivity index (χ0v) is 9.98. The average Bonchev–Trinajstić information content (AvgIpc) is 2.82. The molecule has 0 amide bonds. The fourth-order valence-corrected chi connectivity index (χ4v) is 1.48. The Hall–Kier alpha value is -2.18. The van der Waals surface area contributed by atoms with Crippen molar-refractivity contribution in [3.05, 3.63) is 23.6 Å². The topological polar surface area (TPSA) is 88.8 Å². The SMILES string of the molecule is CNc1nc(C)nc(NCc2ncon2)c1C. The minimum atomic E-state index is 0.469. The van der Waals surface area contributed by atoms with Gasteiger partial charge in [-0.05, 0) is 13.8 Å². The van der Waals surface area contributed by atoms with Crippen LogP contribution in [-0.4, -0.2) is 27.2 Å². The Labute approximate surface area is 98.7 Å². The molecule has 90 valence electrons. The number of aromatic nitrogens is 4. The Morgan fingerprint density at radius 2 is 2.00 bits per heavy atom. The van der Waals surface area contributed by atoms with Crippen molar-refractivity contribution < 1.29 is 4.52 Å². The van der Waals surface area contributed by atoms with Gasteiger partial charge in [-0.1, -0.05) is 5.16 Å². The summed E-state index contributed by atoms with van der Waals surface area (Å²) in [7, 11) is 1.83. The van der Waals surface area contributed by atoms with Crippen LogP contribution in [0.25, 0.3) is 0 Å². The van der Waals surface area contributed by atoms with E-state index in [0.29, 0.717) is 18.2 Å². The van der Waals surface area contributed by atoms with Gasteiger partial charge in [0.2, 0.25) is 6.39 Å². The predicted octanol–water partition coefficient (Wildman–Crippen LogP) is 1.13. The molecule has 0 aromatic carbocycles. The lowest BCUT2D eigenvalue weighted by atomic mass is 10.3. The van der Waals surface area contributed by atoms with Crippen LogP contribution in [0.15, 0.2) is 10.9 Å². The second-order valence-corrected chi connectivity index (χ2v) is 3.54. The van der Waals surface area contributed by atoms with Gasteiger partial charge in [-0.15, -0.1) is 0 Å². The molecule has 0 fully saturated rings. The van der Waals surface area contributed by atoms with Crippen molar-refractivity contribution in [2.24, 2.45) is 0 Å². The highest BCUT2D eigenvalue weighted by molar-refractivity contribution is 5.56. The van der Waals surface area contributed by atoms with E-state index in [-0.39, 0.29) is 0 Å². The zero-order valence-electron chi connectivity index (χ0n) is 9.98. The van der Waals surface area contributed by atoms with E-state index in [4.69, 9.17) is 0 Å². The second-order valence-electron chi connectivity index (χ2n) is 3.54. The molecule has 0 atom stereocenters. The zero-order chi connectivity index (χ0) is 12.3. The molecule has 0 aliphatic rings. The maximum atomic E-state index is 4.66. The summed E-state index contributed by atoms with van der Waals surface area (Å²) >= 11 is 0. The van der Waals surface area contributed by atoms with Crippen LogP contribution in [0.3, 0.4) is 0 Å². The van der Waals surface area contributed by atoms with Gasteiger partial charge in [-0.25, -0.2) is 9.97 Å². The van der Waals surface area contributed by atoms with Crippen molar-refractivity contribution in [2.45, 2.75) is 20.4 Å². The lowest BCUT2D eigenvalue weighted by Gasteiger charge is -2.11. The summed E-state index contributed by atoms with van der Waals surface area (Å²) in [6.07, 6.45) is 1.30. The van der Waals surface area contributed by atoms with Gasteiger partial charge in [0.1, 0.15) is 17.5 Å². The Morgan fingerprint density at radius 1 is 1.24 bits per heavy atom. The van der Waals surface area contributed by atoms with Crippen molar-refractivity contribution in [1.82, 2.24) is 20.1 Å². The van der Waals surface area contributed by atoms with Gasteiger partial charge in [0.25, 0.3) is 0 Å². The maximum Gasteiger partial charge on any atom is 0.213 e. The van der Waals surface area contributed by atoms with E-state index in [1.165, 1.54) is 6.39 Å². The molecule has 0 bridgehead atoms. The number of nitrogens with zero attached hydrogens (tertiary/aromatic N) is 4. The number of aryl methyl sites for hydroxylation is 1. The minimum absolute atomic E-state index is 0.469. The number of anilines is 2. The van der Waals surface area contributed by atoms with E-state index >= 15 is 0 Å². The molecule has 0 aliphatic heterocycles. The van der Waals surface area contributed by atoms with Crippen molar-refractivity contribution >= 4 is 11.6 Å². The molecule has 0 aliphatic carbocycles. The number of hydrogen-bond donors (Lipinski definition) is 2. The first-order chi connectivity index (χ1) is 8.20. The molecule has 7 heteroatoms. The van der Waals surface area contributed by atoms with Crippen molar-refractivity contribution in [2.75, 3.05) is 17.7 Å². The second kappa shape index (κ2) is 4.77. The molecule has 0 radical (unpaired) electrons. The Morgan fingerprint density at radius 3 is 2.65 bits per heavy atom. The van der Waals surface area contributed by atoms with Crippen LogP contribution in [0.4, 0.5) is 11.6 Å². The summed E-state index contributed by atoms with van der Waals surface area (Å²) in [4.78, 5) is 12.5. The standard InChI is InChI=1S/C10H14N6O/c1-6-9(11-3)14-7(2)15-10(6)12-4-8-13-5-17-16-8/h5H,4H2,1-3H3,(H2,11,12,14,15). The molecular formula is C10H14N6O. The fourth-order valence-electron chi connectivity index (χ4n) is 1.48. The first-order valence-electron chi connectivity index (χ1n) is 5.23. The van der Waals surface area contributed by atoms with Crippen molar-refractivity contribution in [3.63, 3.8) is 0 Å². The lowest BCUT2D eigenvalue weighted by molar-refractivity contribution is 0.411. The smallest absolute Gasteiger partial charge is 0.213 e. The molecule has 0 saturated heterocycles. The minimum Gasteiger partial charge on any atom is -0.373 e. The Bertz CT molecular complexity index is 496. The molecule has 0 spiro atoms. The van der Waals surface area contributed by atoms with Gasteiger partial charge in [0, 0.05) is 12.6 Å². The third kappa shape index (κ3) is 2.49. The Kier molecular flexibility index (Phi) is 3.17. The van der Waals surface area contributed by atoms with Crippen LogP contribution < -0.4 is 10.6 Å². The van der Waals surface area contributed by atoms with Crippen LogP contribution in [0.1, 0.15) is 17.2 Å². The van der Waals surface area contributed by atoms with E-state index in [2.05, 4.69) is 35.3 Å². The summed E-state index contributed by atoms with van der Waals surface area (Å²) in [5.74, 6) is 2.88. The number of nitrogens with one attached hydrogen (secondary N) is 2. The number of hydrogen-bond acceptors (Lipinski definition) is 7. The molecule has 2 aromatic rings. The molecular weight excluding hydrogens is 220 g/mol. The van der Waals surface area contributed by atoms with E-state index in [9.17, 15) is 0 Å². The summed E-state index contributed by atoms with van der Waals surface area (Å²) in [5.41, 5.74) is 0.960. The molecule has 0 unspecified atom stereocenters. The molecule has 2 rings (SSSR count). The molecule has 2 heterocycles. The van der Waals surface area contributed by atoms with Crippen LogP contribution in [0.5, 0.6) is 0 Å². The first-order valence-corrected chi connectivity index (χ1v) is 5.23. The van der Waals surface area contributed by atoms with Crippen LogP contribution >= 0.6 is 0 Å². The molecule has 2 N–H and O–H groups in total. The monoisotopic (exact) mass is 234 g/mol. The normalized spacial score (nSPS) is 10.3. The molecule has 17 heavy (non-hydrogen) atoms. The van der Waals surface area contributed by atoms with Crippen LogP contribution in [0.2, 0.25) is 0 Å². The molecule has 2 aromatic heterocycles. The first kappa shape index (κ1) is 11.3. The van der Waals surface area contributed by atoms with Gasteiger partial charge in [-0.3, -0.25) is 0 Å². The highest BCUT2D eigenvalue weighted by Crippen LogP contribution is 2.19. The van der Waals surface area contributed by atoms with Crippen molar-refractivity contribution in [3.8, 4) is 0 Å². The summed E-state index contributed by atoms with van der Waals surface area (Å²) in [6, 6.07) is 0. The maximum absolute atomic E-state index is 4.66. The largest absolute Gasteiger partial charge is 0.373 e. The van der Waals surface area contributed by atoms with E-state index in [1.54, 1.807) is 0 Å². The summed E-state index contributed by atoms with van der Waals surface area (Å²) in [6.45, 7) is 4.26. The lowest BCUT2D eigenvalue weighted by Crippen LogP contribution is -2.09. The van der Waals surface area contributed by atoms with E-state index < -0.39 is 0 Å². The van der Waals surface area contributed by atoms with Gasteiger partial charge >= 0.3 is 0 Å². The van der Waals surface area contributed by atoms with Gasteiger partial charge in [0.15, 0.2) is 5.82 Å². The predicted molar refractivity (Wildman–Crippen MR) is 62.7 cm³/mol. The van der Waals surface area contributed by atoms with Gasteiger partial charge in [-0.2, -0.15) is 4.98 Å². The van der Waals surface area contributed by atoms with Crippen LogP contribution in [-0.2, 0) is 6.54 Å². The summed E-state index contributed by atoms with van der Waals surface area (Å²) < 4.78 is 4.66. The third-order valence-corrected chi connectivity index (χ3v) is 2.32. The van der Waals surface area contributed by atoms with Gasteiger partial charge < -0.3 is 15.2 Å². The highest BCUT2D eigenvalue weighted by Gasteiger charge is 2.08. The molecule has 7 nitrogen and oxygen atoms in total. The van der Waals surface area contributed by atoms with E-state index in [0.717, 1.165) is 17.2 Å². The van der Waals surface area contributed by atoms with E-state index in [1.807, 2.05) is 20.9 Å². The number of rotatable bonds is 4. The van der Waals surface area contributed by atoms with Gasteiger partial charge in [0.05, 0.1) is 6.54 Å². The Balaban J connectivity index is 2.17. The van der Waals surface area contributed by atoms with Crippen molar-refractivity contribution in [1.29, 1.82) is 0 Å². The molecule has 0 saturated carbocycles. The summed E-state index contributed by atoms with van der Waals surface area (Å²) in [5, 5.41) is 9.90. The third-order valence-electron chi connectivity index (χ3n) is 2.32. The van der Waals surface area contributed by atoms with Crippen LogP contribution in [0, 0.1) is 13.8 Å².